The molecule has 0 unspecified atom stereocenters. The van der Waals surface area contributed by atoms with Gasteiger partial charge in [0.2, 0.25) is 0 Å². The molecule has 0 saturated heterocycles. The van der Waals surface area contributed by atoms with Crippen LogP contribution in [0.5, 0.6) is 0 Å². The molecule has 120 valence electrons. The first-order valence-corrected chi connectivity index (χ1v) is 7.95. The quantitative estimate of drug-likeness (QED) is 0.829. The summed E-state index contributed by atoms with van der Waals surface area (Å²) in [7, 11) is 0. The van der Waals surface area contributed by atoms with E-state index < -0.39 is 11.6 Å². The lowest BCUT2D eigenvalue weighted by molar-refractivity contribution is 0.408. The smallest absolute Gasteiger partial charge is 0.171 e. The predicted octanol–water partition coefficient (Wildman–Crippen LogP) is 4.12. The topological polar surface area (TPSA) is 37.0 Å². The standard InChI is InChI=1S/C17H17F2N3S/c18-13-4-3-5-14(19)15(13)21-16(23)22-17(8-1-2-9-17)12-6-10-20-11-7-12/h3-7,10-11H,1-2,8-9H2,(H2,21,22,23). The molecule has 0 amide bonds. The van der Waals surface area contributed by atoms with Gasteiger partial charge in [-0.25, -0.2) is 8.78 Å². The fourth-order valence-corrected chi connectivity index (χ4v) is 3.41. The van der Waals surface area contributed by atoms with Crippen molar-refractivity contribution in [2.24, 2.45) is 0 Å². The molecule has 1 saturated carbocycles. The van der Waals surface area contributed by atoms with Crippen LogP contribution in [-0.4, -0.2) is 10.1 Å². The summed E-state index contributed by atoms with van der Waals surface area (Å²) in [5, 5.41) is 6.14. The maximum Gasteiger partial charge on any atom is 0.171 e. The van der Waals surface area contributed by atoms with Gasteiger partial charge >= 0.3 is 0 Å². The molecule has 23 heavy (non-hydrogen) atoms. The van der Waals surface area contributed by atoms with Gasteiger partial charge in [-0.15, -0.1) is 0 Å². The second-order valence-electron chi connectivity index (χ2n) is 5.70. The van der Waals surface area contributed by atoms with Crippen LogP contribution < -0.4 is 10.6 Å². The van der Waals surface area contributed by atoms with Gasteiger partial charge in [0.15, 0.2) is 5.11 Å². The van der Waals surface area contributed by atoms with E-state index in [4.69, 9.17) is 12.2 Å². The molecular formula is C17H17F2N3S. The Morgan fingerprint density at radius 2 is 1.65 bits per heavy atom. The van der Waals surface area contributed by atoms with Crippen LogP contribution in [-0.2, 0) is 5.54 Å². The van der Waals surface area contributed by atoms with Crippen molar-refractivity contribution in [3.8, 4) is 0 Å². The molecule has 1 aromatic carbocycles. The van der Waals surface area contributed by atoms with E-state index in [0.717, 1.165) is 31.2 Å². The summed E-state index contributed by atoms with van der Waals surface area (Å²) in [6.45, 7) is 0. The maximum absolute atomic E-state index is 13.7. The molecule has 6 heteroatoms. The van der Waals surface area contributed by atoms with Gasteiger partial charge in [-0.1, -0.05) is 18.9 Å². The fraction of sp³-hybridized carbons (Fsp3) is 0.294. The summed E-state index contributed by atoms with van der Waals surface area (Å²) in [5.74, 6) is -1.34. The number of rotatable bonds is 3. The highest BCUT2D eigenvalue weighted by Crippen LogP contribution is 2.38. The van der Waals surface area contributed by atoms with Gasteiger partial charge in [0.25, 0.3) is 0 Å². The summed E-state index contributed by atoms with van der Waals surface area (Å²) >= 11 is 5.29. The van der Waals surface area contributed by atoms with E-state index in [1.165, 1.54) is 18.2 Å². The molecule has 0 bridgehead atoms. The van der Waals surface area contributed by atoms with Crippen LogP contribution in [0.15, 0.2) is 42.7 Å². The average Bonchev–Trinajstić information content (AvgIpc) is 3.02. The van der Waals surface area contributed by atoms with Crippen molar-refractivity contribution < 1.29 is 8.78 Å². The summed E-state index contributed by atoms with van der Waals surface area (Å²) < 4.78 is 27.5. The van der Waals surface area contributed by atoms with E-state index in [1.54, 1.807) is 12.4 Å². The molecule has 1 aliphatic rings. The Labute approximate surface area is 139 Å². The van der Waals surface area contributed by atoms with E-state index in [-0.39, 0.29) is 16.3 Å². The summed E-state index contributed by atoms with van der Waals surface area (Å²) in [6, 6.07) is 7.61. The highest BCUT2D eigenvalue weighted by atomic mass is 32.1. The summed E-state index contributed by atoms with van der Waals surface area (Å²) in [4.78, 5) is 4.04. The van der Waals surface area contributed by atoms with Gasteiger partial charge in [-0.3, -0.25) is 4.98 Å². The van der Waals surface area contributed by atoms with Gasteiger partial charge in [-0.05, 0) is 54.9 Å². The zero-order valence-corrected chi connectivity index (χ0v) is 13.3. The molecule has 1 heterocycles. The number of aromatic nitrogens is 1. The third-order valence-electron chi connectivity index (χ3n) is 4.24. The molecule has 1 aliphatic carbocycles. The Morgan fingerprint density at radius 1 is 1.04 bits per heavy atom. The summed E-state index contributed by atoms with van der Waals surface area (Å²) in [6.07, 6.45) is 7.46. The normalized spacial score (nSPS) is 16.1. The van der Waals surface area contributed by atoms with Gasteiger partial charge in [0.1, 0.15) is 17.3 Å². The molecule has 1 fully saturated rings. The van der Waals surface area contributed by atoms with Crippen molar-refractivity contribution in [1.29, 1.82) is 0 Å². The minimum atomic E-state index is -0.668. The van der Waals surface area contributed by atoms with Gasteiger partial charge in [-0.2, -0.15) is 0 Å². The SMILES string of the molecule is Fc1cccc(F)c1NC(=S)NC1(c2ccncc2)CCCC1. The molecule has 2 aromatic rings. The monoisotopic (exact) mass is 333 g/mol. The Bertz CT molecular complexity index is 680. The number of hydrogen-bond donors (Lipinski definition) is 2. The number of thiocarbonyl (C=S) groups is 1. The largest absolute Gasteiger partial charge is 0.353 e. The van der Waals surface area contributed by atoms with Crippen molar-refractivity contribution in [3.05, 3.63) is 59.9 Å². The van der Waals surface area contributed by atoms with Crippen LogP contribution in [0.25, 0.3) is 0 Å². The van der Waals surface area contributed by atoms with Gasteiger partial charge in [0, 0.05) is 12.4 Å². The number of hydrogen-bond acceptors (Lipinski definition) is 2. The highest BCUT2D eigenvalue weighted by molar-refractivity contribution is 7.80. The van der Waals surface area contributed by atoms with Gasteiger partial charge < -0.3 is 10.6 Å². The predicted molar refractivity (Wildman–Crippen MR) is 90.1 cm³/mol. The van der Waals surface area contributed by atoms with Crippen molar-refractivity contribution >= 4 is 23.0 Å². The van der Waals surface area contributed by atoms with Crippen LogP contribution in [0.4, 0.5) is 14.5 Å². The van der Waals surface area contributed by atoms with Gasteiger partial charge in [0.05, 0.1) is 5.54 Å². The van der Waals surface area contributed by atoms with Crippen molar-refractivity contribution in [2.45, 2.75) is 31.2 Å². The molecular weight excluding hydrogens is 316 g/mol. The van der Waals surface area contributed by atoms with Crippen LogP contribution in [0.2, 0.25) is 0 Å². The average molecular weight is 333 g/mol. The number of nitrogens with zero attached hydrogens (tertiary/aromatic N) is 1. The first-order valence-electron chi connectivity index (χ1n) is 7.54. The fourth-order valence-electron chi connectivity index (χ4n) is 3.11. The molecule has 2 N–H and O–H groups in total. The third kappa shape index (κ3) is 3.32. The molecule has 3 nitrogen and oxygen atoms in total. The lowest BCUT2D eigenvalue weighted by Gasteiger charge is -2.32. The number of nitrogens with one attached hydrogen (secondary N) is 2. The molecule has 0 atom stereocenters. The number of halogens is 2. The Balaban J connectivity index is 1.80. The van der Waals surface area contributed by atoms with Crippen LogP contribution >= 0.6 is 12.2 Å². The first kappa shape index (κ1) is 15.8. The lowest BCUT2D eigenvalue weighted by Crippen LogP contribution is -2.45. The van der Waals surface area contributed by atoms with Crippen molar-refractivity contribution in [1.82, 2.24) is 10.3 Å². The lowest BCUT2D eigenvalue weighted by atomic mass is 9.89. The number of pyridine rings is 1. The summed E-state index contributed by atoms with van der Waals surface area (Å²) in [5.41, 5.74) is 0.547. The molecule has 3 rings (SSSR count). The van der Waals surface area contributed by atoms with E-state index in [2.05, 4.69) is 15.6 Å². The van der Waals surface area contributed by atoms with Crippen LogP contribution in [0, 0.1) is 11.6 Å². The van der Waals surface area contributed by atoms with E-state index in [0.29, 0.717) is 0 Å². The second-order valence-corrected chi connectivity index (χ2v) is 6.11. The number of para-hydroxylation sites is 1. The Morgan fingerprint density at radius 3 is 2.26 bits per heavy atom. The van der Waals surface area contributed by atoms with Crippen molar-refractivity contribution in [2.75, 3.05) is 5.32 Å². The first-order chi connectivity index (χ1) is 11.1. The van der Waals surface area contributed by atoms with E-state index in [9.17, 15) is 8.78 Å². The van der Waals surface area contributed by atoms with E-state index >= 15 is 0 Å². The minimum Gasteiger partial charge on any atom is -0.353 e. The molecule has 0 aliphatic heterocycles. The zero-order chi connectivity index (χ0) is 16.3. The second kappa shape index (κ2) is 6.58. The Kier molecular flexibility index (Phi) is 4.52. The van der Waals surface area contributed by atoms with Crippen molar-refractivity contribution in [3.63, 3.8) is 0 Å². The third-order valence-corrected chi connectivity index (χ3v) is 4.45. The number of anilines is 1. The zero-order valence-electron chi connectivity index (χ0n) is 12.5. The highest BCUT2D eigenvalue weighted by Gasteiger charge is 2.36. The molecule has 0 spiro atoms. The molecule has 0 radical (unpaired) electrons. The molecule has 1 aromatic heterocycles. The van der Waals surface area contributed by atoms with Crippen LogP contribution in [0.3, 0.4) is 0 Å². The minimum absolute atomic E-state index is 0.215. The number of benzene rings is 1. The van der Waals surface area contributed by atoms with Crippen LogP contribution in [0.1, 0.15) is 31.2 Å². The maximum atomic E-state index is 13.7. The Hall–Kier alpha value is -2.08. The van der Waals surface area contributed by atoms with E-state index in [1.807, 2.05) is 12.1 Å².